The van der Waals surface area contributed by atoms with Crippen LogP contribution in [0.25, 0.3) is 11.3 Å². The molecular weight excluding hydrogens is 402 g/mol. The van der Waals surface area contributed by atoms with Crippen LogP contribution >= 0.6 is 11.3 Å². The fourth-order valence-electron chi connectivity index (χ4n) is 2.92. The molecule has 0 saturated carbocycles. The molecule has 8 heteroatoms. The zero-order valence-corrected chi connectivity index (χ0v) is 18.1. The molecule has 0 bridgehead atoms. The van der Waals surface area contributed by atoms with Gasteiger partial charge in [-0.15, -0.1) is 11.3 Å². The number of hydrogen-bond acceptors (Lipinski definition) is 6. The molecule has 0 radical (unpaired) electrons. The third-order valence-corrected chi connectivity index (χ3v) is 5.19. The van der Waals surface area contributed by atoms with E-state index in [4.69, 9.17) is 9.47 Å². The SMILES string of the molecule is COc1cc(OC)cc(C(=O)NCC(=O)Nc2nc(-c3ccc(C)cc3C)cs2)c1. The van der Waals surface area contributed by atoms with Gasteiger partial charge in [-0.05, 0) is 31.5 Å². The summed E-state index contributed by atoms with van der Waals surface area (Å²) in [6.45, 7) is 3.89. The van der Waals surface area contributed by atoms with E-state index in [2.05, 4.69) is 21.7 Å². The average Bonchev–Trinajstić information content (AvgIpc) is 3.19. The van der Waals surface area contributed by atoms with Gasteiger partial charge in [0.2, 0.25) is 5.91 Å². The van der Waals surface area contributed by atoms with Gasteiger partial charge in [-0.3, -0.25) is 9.59 Å². The Bertz CT molecular complexity index is 1060. The van der Waals surface area contributed by atoms with Crippen LogP contribution in [0.5, 0.6) is 11.5 Å². The number of carbonyl (C=O) groups is 2. The van der Waals surface area contributed by atoms with Crippen molar-refractivity contribution in [2.24, 2.45) is 0 Å². The fourth-order valence-corrected chi connectivity index (χ4v) is 3.65. The van der Waals surface area contributed by atoms with Gasteiger partial charge >= 0.3 is 0 Å². The Kier molecular flexibility index (Phi) is 6.68. The maximum Gasteiger partial charge on any atom is 0.251 e. The first-order valence-corrected chi connectivity index (χ1v) is 10.1. The first-order valence-electron chi connectivity index (χ1n) is 9.24. The second kappa shape index (κ2) is 9.41. The topological polar surface area (TPSA) is 89.5 Å². The van der Waals surface area contributed by atoms with Crippen molar-refractivity contribution in [1.82, 2.24) is 10.3 Å². The van der Waals surface area contributed by atoms with Crippen molar-refractivity contribution in [3.8, 4) is 22.8 Å². The molecule has 3 aromatic rings. The third kappa shape index (κ3) is 5.15. The van der Waals surface area contributed by atoms with Crippen LogP contribution in [-0.4, -0.2) is 37.6 Å². The highest BCUT2D eigenvalue weighted by molar-refractivity contribution is 7.14. The molecule has 0 aliphatic heterocycles. The van der Waals surface area contributed by atoms with E-state index < -0.39 is 5.91 Å². The van der Waals surface area contributed by atoms with E-state index in [-0.39, 0.29) is 12.5 Å². The molecule has 0 saturated heterocycles. The number of aromatic nitrogens is 1. The van der Waals surface area contributed by atoms with E-state index in [0.717, 1.165) is 16.8 Å². The molecule has 156 valence electrons. The van der Waals surface area contributed by atoms with Crippen LogP contribution in [-0.2, 0) is 4.79 Å². The van der Waals surface area contributed by atoms with Crippen molar-refractivity contribution in [2.75, 3.05) is 26.1 Å². The van der Waals surface area contributed by atoms with Gasteiger partial charge < -0.3 is 20.1 Å². The van der Waals surface area contributed by atoms with Gasteiger partial charge in [-0.25, -0.2) is 4.98 Å². The molecule has 3 rings (SSSR count). The second-order valence-electron chi connectivity index (χ2n) is 6.69. The minimum Gasteiger partial charge on any atom is -0.497 e. The van der Waals surface area contributed by atoms with Crippen molar-refractivity contribution in [3.05, 3.63) is 58.5 Å². The second-order valence-corrected chi connectivity index (χ2v) is 7.55. The Morgan fingerprint density at radius 2 is 1.73 bits per heavy atom. The highest BCUT2D eigenvalue weighted by Gasteiger charge is 2.13. The molecular formula is C22H23N3O4S. The minimum atomic E-state index is -0.405. The number of carbonyl (C=O) groups excluding carboxylic acids is 2. The van der Waals surface area contributed by atoms with Crippen molar-refractivity contribution in [2.45, 2.75) is 13.8 Å². The number of benzene rings is 2. The number of hydrogen-bond donors (Lipinski definition) is 2. The van der Waals surface area contributed by atoms with Gasteiger partial charge in [0, 0.05) is 22.6 Å². The van der Waals surface area contributed by atoms with Crippen LogP contribution < -0.4 is 20.1 Å². The number of nitrogens with zero attached hydrogens (tertiary/aromatic N) is 1. The van der Waals surface area contributed by atoms with Crippen LogP contribution in [0.1, 0.15) is 21.5 Å². The van der Waals surface area contributed by atoms with Crippen molar-refractivity contribution >= 4 is 28.3 Å². The van der Waals surface area contributed by atoms with Crippen LogP contribution in [0.2, 0.25) is 0 Å². The lowest BCUT2D eigenvalue weighted by molar-refractivity contribution is -0.115. The van der Waals surface area contributed by atoms with Gasteiger partial charge in [0.25, 0.3) is 5.91 Å². The molecule has 7 nitrogen and oxygen atoms in total. The predicted molar refractivity (Wildman–Crippen MR) is 118 cm³/mol. The molecule has 0 aliphatic carbocycles. The third-order valence-electron chi connectivity index (χ3n) is 4.43. The number of methoxy groups -OCH3 is 2. The molecule has 1 heterocycles. The molecule has 0 fully saturated rings. The van der Waals surface area contributed by atoms with Crippen molar-refractivity contribution in [3.63, 3.8) is 0 Å². The summed E-state index contributed by atoms with van der Waals surface area (Å²) in [5, 5.41) is 7.69. The summed E-state index contributed by atoms with van der Waals surface area (Å²) in [6, 6.07) is 11.0. The summed E-state index contributed by atoms with van der Waals surface area (Å²) >= 11 is 1.34. The van der Waals surface area contributed by atoms with Gasteiger partial charge in [-0.2, -0.15) is 0 Å². The normalized spacial score (nSPS) is 10.4. The first kappa shape index (κ1) is 21.3. The number of aryl methyl sites for hydroxylation is 2. The van der Waals surface area contributed by atoms with E-state index in [1.54, 1.807) is 18.2 Å². The highest BCUT2D eigenvalue weighted by Crippen LogP contribution is 2.28. The van der Waals surface area contributed by atoms with Gasteiger partial charge in [-0.1, -0.05) is 23.8 Å². The Morgan fingerprint density at radius 3 is 2.37 bits per heavy atom. The minimum absolute atomic E-state index is 0.184. The number of ether oxygens (including phenoxy) is 2. The van der Waals surface area contributed by atoms with Crippen molar-refractivity contribution in [1.29, 1.82) is 0 Å². The van der Waals surface area contributed by atoms with Gasteiger partial charge in [0.15, 0.2) is 5.13 Å². The average molecular weight is 426 g/mol. The lowest BCUT2D eigenvalue weighted by atomic mass is 10.0. The van der Waals surface area contributed by atoms with Crippen LogP contribution in [0.4, 0.5) is 5.13 Å². The maximum atomic E-state index is 12.4. The predicted octanol–water partition coefficient (Wildman–Crippen LogP) is 3.81. The van der Waals surface area contributed by atoms with E-state index in [1.807, 2.05) is 31.4 Å². The Balaban J connectivity index is 1.60. The Hall–Kier alpha value is -3.39. The van der Waals surface area contributed by atoms with E-state index >= 15 is 0 Å². The first-order chi connectivity index (χ1) is 14.4. The largest absolute Gasteiger partial charge is 0.497 e. The lowest BCUT2D eigenvalue weighted by Crippen LogP contribution is -2.32. The smallest absolute Gasteiger partial charge is 0.251 e. The molecule has 0 unspecified atom stereocenters. The monoisotopic (exact) mass is 425 g/mol. The molecule has 2 N–H and O–H groups in total. The van der Waals surface area contributed by atoms with E-state index in [1.165, 1.54) is 31.1 Å². The quantitative estimate of drug-likeness (QED) is 0.601. The zero-order chi connectivity index (χ0) is 21.7. The van der Waals surface area contributed by atoms with E-state index in [9.17, 15) is 9.59 Å². The molecule has 1 aromatic heterocycles. The standard InChI is InChI=1S/C22H23N3O4S/c1-13-5-6-18(14(2)7-13)19-12-30-22(24-19)25-20(26)11-23-21(27)15-8-16(28-3)10-17(9-15)29-4/h5-10,12H,11H2,1-4H3,(H,23,27)(H,24,25,26). The van der Waals surface area contributed by atoms with E-state index in [0.29, 0.717) is 22.2 Å². The lowest BCUT2D eigenvalue weighted by Gasteiger charge is -2.09. The number of nitrogens with one attached hydrogen (secondary N) is 2. The Labute approximate surface area is 179 Å². The summed E-state index contributed by atoms with van der Waals surface area (Å²) in [5.74, 6) is 0.216. The van der Waals surface area contributed by atoms with Crippen LogP contribution in [0.3, 0.4) is 0 Å². The zero-order valence-electron chi connectivity index (χ0n) is 17.2. The molecule has 0 aliphatic rings. The number of amides is 2. The summed E-state index contributed by atoms with van der Waals surface area (Å²) in [6.07, 6.45) is 0. The molecule has 2 aromatic carbocycles. The van der Waals surface area contributed by atoms with Crippen molar-refractivity contribution < 1.29 is 19.1 Å². The van der Waals surface area contributed by atoms with Crippen LogP contribution in [0, 0.1) is 13.8 Å². The number of rotatable bonds is 7. The summed E-state index contributed by atoms with van der Waals surface area (Å²) < 4.78 is 10.3. The van der Waals surface area contributed by atoms with Crippen LogP contribution in [0.15, 0.2) is 41.8 Å². The highest BCUT2D eigenvalue weighted by atomic mass is 32.1. The number of anilines is 1. The summed E-state index contributed by atoms with van der Waals surface area (Å²) in [7, 11) is 3.01. The maximum absolute atomic E-state index is 12.4. The van der Waals surface area contributed by atoms with Gasteiger partial charge in [0.1, 0.15) is 11.5 Å². The Morgan fingerprint density at radius 1 is 1.03 bits per heavy atom. The summed E-state index contributed by atoms with van der Waals surface area (Å²) in [4.78, 5) is 29.1. The molecule has 30 heavy (non-hydrogen) atoms. The fraction of sp³-hybridized carbons (Fsp3) is 0.227. The molecule has 0 atom stereocenters. The van der Waals surface area contributed by atoms with Gasteiger partial charge in [0.05, 0.1) is 26.5 Å². The molecule has 0 spiro atoms. The summed E-state index contributed by atoms with van der Waals surface area (Å²) in [5.41, 5.74) is 4.48. The molecule has 2 amide bonds. The number of thiazole rings is 1.